The molecule has 0 aliphatic heterocycles. The van der Waals surface area contributed by atoms with Crippen LogP contribution in [0.2, 0.25) is 0 Å². The molecule has 2 N–H and O–H groups in total. The van der Waals surface area contributed by atoms with E-state index in [1.54, 1.807) is 0 Å². The van der Waals surface area contributed by atoms with Gasteiger partial charge in [0.15, 0.2) is 11.6 Å². The van der Waals surface area contributed by atoms with Gasteiger partial charge in [0.25, 0.3) is 0 Å². The fourth-order valence-corrected chi connectivity index (χ4v) is 1.23. The summed E-state index contributed by atoms with van der Waals surface area (Å²) in [7, 11) is 1.33. The number of hydrogen-bond acceptors (Lipinski definition) is 2. The van der Waals surface area contributed by atoms with Crippen LogP contribution in [0.5, 0.6) is 0 Å². The molecule has 2 nitrogen and oxygen atoms in total. The maximum Gasteiger partial charge on any atom is 0.161 e. The minimum atomic E-state index is -1.23. The van der Waals surface area contributed by atoms with Gasteiger partial charge in [-0.05, 0) is 13.0 Å². The van der Waals surface area contributed by atoms with E-state index in [2.05, 4.69) is 0 Å². The number of methoxy groups -OCH3 is 1. The third-order valence-electron chi connectivity index (χ3n) is 2.42. The van der Waals surface area contributed by atoms with Crippen LogP contribution in [-0.4, -0.2) is 13.7 Å². The van der Waals surface area contributed by atoms with Crippen LogP contribution >= 0.6 is 0 Å². The number of halogens is 3. The average Bonchev–Trinajstić information content (AvgIpc) is 2.22. The molecular formula is C10H12F3NO. The molecule has 84 valence electrons. The molecule has 1 aromatic carbocycles. The van der Waals surface area contributed by atoms with Crippen molar-refractivity contribution in [1.82, 2.24) is 0 Å². The number of rotatable bonds is 3. The summed E-state index contributed by atoms with van der Waals surface area (Å²) in [6.07, 6.45) is 0. The topological polar surface area (TPSA) is 35.2 Å². The highest BCUT2D eigenvalue weighted by atomic mass is 19.2. The second-order valence-corrected chi connectivity index (χ2v) is 3.39. The Morgan fingerprint density at radius 3 is 2.20 bits per heavy atom. The van der Waals surface area contributed by atoms with Crippen LogP contribution in [0.25, 0.3) is 0 Å². The van der Waals surface area contributed by atoms with E-state index in [0.717, 1.165) is 6.07 Å². The lowest BCUT2D eigenvalue weighted by atomic mass is 9.95. The number of ether oxygens (including phenoxy) is 1. The van der Waals surface area contributed by atoms with Crippen molar-refractivity contribution in [3.05, 3.63) is 35.1 Å². The van der Waals surface area contributed by atoms with Crippen LogP contribution < -0.4 is 5.73 Å². The molecule has 0 saturated heterocycles. The fourth-order valence-electron chi connectivity index (χ4n) is 1.23. The van der Waals surface area contributed by atoms with E-state index in [4.69, 9.17) is 10.5 Å². The van der Waals surface area contributed by atoms with E-state index in [-0.39, 0.29) is 12.1 Å². The van der Waals surface area contributed by atoms with Crippen molar-refractivity contribution in [3.63, 3.8) is 0 Å². The molecule has 0 amide bonds. The van der Waals surface area contributed by atoms with Gasteiger partial charge in [0.05, 0.1) is 0 Å². The Labute approximate surface area is 85.8 Å². The van der Waals surface area contributed by atoms with Gasteiger partial charge in [-0.2, -0.15) is 0 Å². The van der Waals surface area contributed by atoms with E-state index in [1.165, 1.54) is 14.0 Å². The van der Waals surface area contributed by atoms with Crippen LogP contribution in [0.1, 0.15) is 12.5 Å². The van der Waals surface area contributed by atoms with Crippen molar-refractivity contribution < 1.29 is 17.9 Å². The van der Waals surface area contributed by atoms with Crippen molar-refractivity contribution >= 4 is 0 Å². The van der Waals surface area contributed by atoms with Gasteiger partial charge >= 0.3 is 0 Å². The zero-order valence-corrected chi connectivity index (χ0v) is 8.48. The molecule has 0 heterocycles. The van der Waals surface area contributed by atoms with Gasteiger partial charge in [-0.25, -0.2) is 13.2 Å². The molecule has 0 aliphatic rings. The van der Waals surface area contributed by atoms with Crippen LogP contribution in [0.4, 0.5) is 13.2 Å². The van der Waals surface area contributed by atoms with E-state index in [9.17, 15) is 13.2 Å². The molecule has 0 radical (unpaired) electrons. The number of benzene rings is 1. The van der Waals surface area contributed by atoms with Crippen molar-refractivity contribution in [3.8, 4) is 0 Å². The lowest BCUT2D eigenvalue weighted by Gasteiger charge is -2.27. The maximum absolute atomic E-state index is 13.4. The zero-order chi connectivity index (χ0) is 11.6. The Kier molecular flexibility index (Phi) is 3.36. The van der Waals surface area contributed by atoms with E-state index >= 15 is 0 Å². The third-order valence-corrected chi connectivity index (χ3v) is 2.42. The summed E-state index contributed by atoms with van der Waals surface area (Å²) in [6.45, 7) is 1.47. The molecule has 5 heteroatoms. The van der Waals surface area contributed by atoms with E-state index in [1.807, 2.05) is 0 Å². The second kappa shape index (κ2) is 4.20. The van der Waals surface area contributed by atoms with E-state index in [0.29, 0.717) is 6.07 Å². The molecule has 15 heavy (non-hydrogen) atoms. The summed E-state index contributed by atoms with van der Waals surface area (Å²) in [4.78, 5) is 0. The Hall–Kier alpha value is -1.07. The molecule has 0 aliphatic carbocycles. The first kappa shape index (κ1) is 12.0. The van der Waals surface area contributed by atoms with Crippen molar-refractivity contribution in [2.45, 2.75) is 12.5 Å². The monoisotopic (exact) mass is 219 g/mol. The normalized spacial score (nSPS) is 15.1. The van der Waals surface area contributed by atoms with E-state index < -0.39 is 23.1 Å². The quantitative estimate of drug-likeness (QED) is 0.788. The SMILES string of the molecule is COC(C)(CN)c1cc(F)c(F)cc1F. The Morgan fingerprint density at radius 1 is 1.20 bits per heavy atom. The fraction of sp³-hybridized carbons (Fsp3) is 0.400. The predicted octanol–water partition coefficient (Wildman–Crippen LogP) is 1.92. The van der Waals surface area contributed by atoms with Crippen LogP contribution in [-0.2, 0) is 10.3 Å². The first-order valence-corrected chi connectivity index (χ1v) is 4.35. The lowest BCUT2D eigenvalue weighted by Crippen LogP contribution is -2.34. The minimum Gasteiger partial charge on any atom is -0.372 e. The van der Waals surface area contributed by atoms with Crippen LogP contribution in [0.15, 0.2) is 12.1 Å². The minimum absolute atomic E-state index is 0.0362. The van der Waals surface area contributed by atoms with Crippen molar-refractivity contribution in [1.29, 1.82) is 0 Å². The van der Waals surface area contributed by atoms with Gasteiger partial charge in [-0.1, -0.05) is 0 Å². The average molecular weight is 219 g/mol. The molecular weight excluding hydrogens is 207 g/mol. The molecule has 1 rings (SSSR count). The Bertz CT molecular complexity index is 364. The first-order chi connectivity index (χ1) is 6.94. The standard InChI is InChI=1S/C10H12F3NO/c1-10(5-14,15-2)6-3-8(12)9(13)4-7(6)11/h3-4H,5,14H2,1-2H3. The molecule has 0 fully saturated rings. The van der Waals surface area contributed by atoms with Crippen LogP contribution in [0, 0.1) is 17.5 Å². The summed E-state index contributed by atoms with van der Waals surface area (Å²) in [6, 6.07) is 1.25. The van der Waals surface area contributed by atoms with Crippen molar-refractivity contribution in [2.24, 2.45) is 5.73 Å². The second-order valence-electron chi connectivity index (χ2n) is 3.39. The van der Waals surface area contributed by atoms with Gasteiger partial charge in [0.1, 0.15) is 11.4 Å². The molecule has 0 aromatic heterocycles. The summed E-state index contributed by atoms with van der Waals surface area (Å²) < 4.78 is 43.9. The highest BCUT2D eigenvalue weighted by Crippen LogP contribution is 2.27. The maximum atomic E-state index is 13.4. The number of hydrogen-bond donors (Lipinski definition) is 1. The molecule has 1 unspecified atom stereocenters. The summed E-state index contributed by atoms with van der Waals surface area (Å²) in [5.74, 6) is -3.22. The largest absolute Gasteiger partial charge is 0.372 e. The highest BCUT2D eigenvalue weighted by molar-refractivity contribution is 5.26. The number of nitrogens with two attached hydrogens (primary N) is 1. The molecule has 0 spiro atoms. The highest BCUT2D eigenvalue weighted by Gasteiger charge is 2.29. The van der Waals surface area contributed by atoms with Crippen LogP contribution in [0.3, 0.4) is 0 Å². The summed E-state index contributed by atoms with van der Waals surface area (Å²) in [5.41, 5.74) is 4.15. The molecule has 0 saturated carbocycles. The summed E-state index contributed by atoms with van der Waals surface area (Å²) >= 11 is 0. The lowest BCUT2D eigenvalue weighted by molar-refractivity contribution is 0.00678. The zero-order valence-electron chi connectivity index (χ0n) is 8.48. The summed E-state index contributed by atoms with van der Waals surface area (Å²) in [5, 5.41) is 0. The first-order valence-electron chi connectivity index (χ1n) is 4.35. The van der Waals surface area contributed by atoms with Crippen molar-refractivity contribution in [2.75, 3.05) is 13.7 Å². The molecule has 1 aromatic rings. The van der Waals surface area contributed by atoms with Gasteiger partial charge in [-0.15, -0.1) is 0 Å². The van der Waals surface area contributed by atoms with Gasteiger partial charge in [0, 0.05) is 25.3 Å². The predicted molar refractivity (Wildman–Crippen MR) is 49.7 cm³/mol. The third kappa shape index (κ3) is 2.13. The smallest absolute Gasteiger partial charge is 0.161 e. The van der Waals surface area contributed by atoms with Gasteiger partial charge in [0.2, 0.25) is 0 Å². The Balaban J connectivity index is 3.30. The molecule has 0 bridgehead atoms. The molecule has 1 atom stereocenters. The Morgan fingerprint density at radius 2 is 1.73 bits per heavy atom. The van der Waals surface area contributed by atoms with Gasteiger partial charge in [-0.3, -0.25) is 0 Å². The van der Waals surface area contributed by atoms with Gasteiger partial charge < -0.3 is 10.5 Å².